The molecule has 0 atom stereocenters. The second kappa shape index (κ2) is 13.3. The number of thioether (sulfide) groups is 1. The van der Waals surface area contributed by atoms with Gasteiger partial charge in [-0.1, -0.05) is 30.7 Å². The standard InChI is InChI=1S/C23H26FN3O4S/c1-32-19-12-6-16(7-13-19)15-20(17-8-10-18(24)11-9-17)22(29)26-23(30)25-14-4-2-3-5-21(28)27-31/h6-13,15,31H,2-5,14H2,1H3,(H,27,28)(H2,25,26,29,30)/b20-15+. The second-order valence-corrected chi connectivity index (χ2v) is 7.77. The first-order valence-corrected chi connectivity index (χ1v) is 11.3. The Morgan fingerprint density at radius 1 is 1.00 bits per heavy atom. The van der Waals surface area contributed by atoms with Gasteiger partial charge in [-0.15, -0.1) is 11.8 Å². The van der Waals surface area contributed by atoms with Gasteiger partial charge in [-0.25, -0.2) is 14.7 Å². The van der Waals surface area contributed by atoms with Crippen LogP contribution in [0.2, 0.25) is 0 Å². The average Bonchev–Trinajstić information content (AvgIpc) is 2.80. The van der Waals surface area contributed by atoms with Gasteiger partial charge in [0.05, 0.1) is 0 Å². The molecule has 0 saturated carbocycles. The summed E-state index contributed by atoms with van der Waals surface area (Å²) in [7, 11) is 0. The van der Waals surface area contributed by atoms with Gasteiger partial charge in [-0.05, 0) is 60.6 Å². The summed E-state index contributed by atoms with van der Waals surface area (Å²) in [5.74, 6) is -1.49. The van der Waals surface area contributed by atoms with Crippen LogP contribution in [0.1, 0.15) is 36.8 Å². The SMILES string of the molecule is CSc1ccc(/C=C(/C(=O)NC(=O)NCCCCCC(=O)NO)c2ccc(F)cc2)cc1. The first kappa shape index (κ1) is 25.1. The Kier molecular flexibility index (Phi) is 10.4. The molecule has 0 aliphatic rings. The number of amides is 4. The van der Waals surface area contributed by atoms with E-state index in [9.17, 15) is 18.8 Å². The molecule has 0 bridgehead atoms. The number of benzene rings is 2. The summed E-state index contributed by atoms with van der Waals surface area (Å²) in [4.78, 5) is 36.9. The van der Waals surface area contributed by atoms with E-state index in [-0.39, 0.29) is 12.0 Å². The van der Waals surface area contributed by atoms with Crippen molar-refractivity contribution in [3.8, 4) is 0 Å². The summed E-state index contributed by atoms with van der Waals surface area (Å²) in [6.07, 6.45) is 5.67. The van der Waals surface area contributed by atoms with Crippen molar-refractivity contribution in [2.24, 2.45) is 0 Å². The quantitative estimate of drug-likeness (QED) is 0.107. The van der Waals surface area contributed by atoms with Gasteiger partial charge in [0.2, 0.25) is 5.91 Å². The molecule has 32 heavy (non-hydrogen) atoms. The minimum atomic E-state index is -0.645. The molecule has 7 nitrogen and oxygen atoms in total. The van der Waals surface area contributed by atoms with Crippen LogP contribution in [0, 0.1) is 5.82 Å². The topological polar surface area (TPSA) is 108 Å². The predicted molar refractivity (Wildman–Crippen MR) is 122 cm³/mol. The minimum Gasteiger partial charge on any atom is -0.338 e. The number of imide groups is 1. The molecular weight excluding hydrogens is 433 g/mol. The maximum Gasteiger partial charge on any atom is 0.321 e. The Labute approximate surface area is 190 Å². The number of halogens is 1. The molecule has 0 heterocycles. The molecule has 0 spiro atoms. The molecule has 170 valence electrons. The molecule has 0 unspecified atom stereocenters. The number of nitrogens with one attached hydrogen (secondary N) is 3. The van der Waals surface area contributed by atoms with E-state index >= 15 is 0 Å². The Balaban J connectivity index is 2.00. The van der Waals surface area contributed by atoms with Crippen molar-refractivity contribution in [1.82, 2.24) is 16.1 Å². The number of hydroxylamine groups is 1. The fraction of sp³-hybridized carbons (Fsp3) is 0.261. The molecule has 0 aliphatic carbocycles. The molecule has 2 rings (SSSR count). The number of urea groups is 1. The second-order valence-electron chi connectivity index (χ2n) is 6.89. The Morgan fingerprint density at radius 2 is 1.69 bits per heavy atom. The molecule has 4 amide bonds. The Hall–Kier alpha value is -3.17. The van der Waals surface area contributed by atoms with Crippen molar-refractivity contribution in [3.63, 3.8) is 0 Å². The fourth-order valence-electron chi connectivity index (χ4n) is 2.84. The zero-order chi connectivity index (χ0) is 23.3. The molecule has 2 aromatic carbocycles. The van der Waals surface area contributed by atoms with Crippen LogP contribution >= 0.6 is 11.8 Å². The van der Waals surface area contributed by atoms with Crippen molar-refractivity contribution in [2.75, 3.05) is 12.8 Å². The van der Waals surface area contributed by atoms with E-state index < -0.39 is 23.7 Å². The summed E-state index contributed by atoms with van der Waals surface area (Å²) in [5.41, 5.74) is 3.04. The van der Waals surface area contributed by atoms with Gasteiger partial charge < -0.3 is 5.32 Å². The normalized spacial score (nSPS) is 11.0. The van der Waals surface area contributed by atoms with Crippen LogP contribution in [0.25, 0.3) is 11.6 Å². The van der Waals surface area contributed by atoms with Crippen LogP contribution in [0.3, 0.4) is 0 Å². The molecule has 9 heteroatoms. The Morgan fingerprint density at radius 3 is 2.31 bits per heavy atom. The number of rotatable bonds is 10. The summed E-state index contributed by atoms with van der Waals surface area (Å²) >= 11 is 1.60. The van der Waals surface area contributed by atoms with Gasteiger partial charge in [0.1, 0.15) is 5.82 Å². The van der Waals surface area contributed by atoms with Gasteiger partial charge in [-0.2, -0.15) is 0 Å². The summed E-state index contributed by atoms with van der Waals surface area (Å²) in [6, 6.07) is 12.4. The van der Waals surface area contributed by atoms with Gasteiger partial charge >= 0.3 is 6.03 Å². The van der Waals surface area contributed by atoms with Gasteiger partial charge in [0, 0.05) is 23.4 Å². The number of hydrogen-bond donors (Lipinski definition) is 4. The number of unbranched alkanes of at least 4 members (excludes halogenated alkanes) is 2. The predicted octanol–water partition coefficient (Wildman–Crippen LogP) is 3.98. The minimum absolute atomic E-state index is 0.199. The first-order valence-electron chi connectivity index (χ1n) is 10.1. The van der Waals surface area contributed by atoms with Crippen LogP contribution in [0.4, 0.5) is 9.18 Å². The third kappa shape index (κ3) is 8.52. The van der Waals surface area contributed by atoms with Crippen LogP contribution in [-0.4, -0.2) is 35.9 Å². The van der Waals surface area contributed by atoms with E-state index in [1.165, 1.54) is 24.3 Å². The lowest BCUT2D eigenvalue weighted by atomic mass is 10.0. The summed E-state index contributed by atoms with van der Waals surface area (Å²) in [5, 5.41) is 13.3. The lowest BCUT2D eigenvalue weighted by molar-refractivity contribution is -0.129. The lowest BCUT2D eigenvalue weighted by Crippen LogP contribution is -2.40. The van der Waals surface area contributed by atoms with Gasteiger partial charge in [-0.3, -0.25) is 20.1 Å². The van der Waals surface area contributed by atoms with E-state index in [0.29, 0.717) is 31.4 Å². The average molecular weight is 460 g/mol. The largest absolute Gasteiger partial charge is 0.338 e. The monoisotopic (exact) mass is 459 g/mol. The highest BCUT2D eigenvalue weighted by molar-refractivity contribution is 7.98. The van der Waals surface area contributed by atoms with E-state index in [0.717, 1.165) is 10.5 Å². The number of hydrogen-bond acceptors (Lipinski definition) is 5. The van der Waals surface area contributed by atoms with Crippen LogP contribution < -0.4 is 16.1 Å². The molecule has 4 N–H and O–H groups in total. The van der Waals surface area contributed by atoms with Crippen molar-refractivity contribution in [2.45, 2.75) is 30.6 Å². The zero-order valence-electron chi connectivity index (χ0n) is 17.7. The van der Waals surface area contributed by atoms with Crippen molar-refractivity contribution in [1.29, 1.82) is 0 Å². The van der Waals surface area contributed by atoms with E-state index in [1.807, 2.05) is 30.5 Å². The van der Waals surface area contributed by atoms with Crippen LogP contribution in [0.15, 0.2) is 53.4 Å². The highest BCUT2D eigenvalue weighted by Crippen LogP contribution is 2.21. The highest BCUT2D eigenvalue weighted by Gasteiger charge is 2.15. The van der Waals surface area contributed by atoms with Gasteiger partial charge in [0.15, 0.2) is 0 Å². The molecule has 2 aromatic rings. The van der Waals surface area contributed by atoms with Crippen molar-refractivity contribution < 1.29 is 24.0 Å². The van der Waals surface area contributed by atoms with E-state index in [4.69, 9.17) is 5.21 Å². The smallest absolute Gasteiger partial charge is 0.321 e. The molecule has 0 radical (unpaired) electrons. The maximum absolute atomic E-state index is 13.3. The molecule has 0 saturated heterocycles. The van der Waals surface area contributed by atoms with Crippen LogP contribution in [0.5, 0.6) is 0 Å². The summed E-state index contributed by atoms with van der Waals surface area (Å²) in [6.45, 7) is 0.325. The zero-order valence-corrected chi connectivity index (χ0v) is 18.5. The van der Waals surface area contributed by atoms with Crippen molar-refractivity contribution in [3.05, 3.63) is 65.5 Å². The third-order valence-corrected chi connectivity index (χ3v) is 5.29. The summed E-state index contributed by atoms with van der Waals surface area (Å²) < 4.78 is 13.3. The van der Waals surface area contributed by atoms with E-state index in [2.05, 4.69) is 10.6 Å². The van der Waals surface area contributed by atoms with Crippen LogP contribution in [-0.2, 0) is 9.59 Å². The lowest BCUT2D eigenvalue weighted by Gasteiger charge is -2.10. The molecular formula is C23H26FN3O4S. The fourth-order valence-corrected chi connectivity index (χ4v) is 3.24. The number of carbonyl (C=O) groups is 3. The van der Waals surface area contributed by atoms with Crippen molar-refractivity contribution >= 4 is 41.3 Å². The highest BCUT2D eigenvalue weighted by atomic mass is 32.2. The molecule has 0 fully saturated rings. The van der Waals surface area contributed by atoms with E-state index in [1.54, 1.807) is 23.3 Å². The third-order valence-electron chi connectivity index (χ3n) is 4.54. The van der Waals surface area contributed by atoms with Gasteiger partial charge in [0.25, 0.3) is 5.91 Å². The maximum atomic E-state index is 13.3. The first-order chi connectivity index (χ1) is 15.4. The Bertz CT molecular complexity index is 947. The number of carbonyl (C=O) groups excluding carboxylic acids is 3. The molecule has 0 aliphatic heterocycles. The molecule has 0 aromatic heterocycles.